The maximum atomic E-state index is 13.2. The predicted molar refractivity (Wildman–Crippen MR) is 108 cm³/mol. The first-order valence-electron chi connectivity index (χ1n) is 9.51. The maximum Gasteiger partial charge on any atom is 0.129 e. The molecule has 0 radical (unpaired) electrons. The molecule has 154 valence electrons. The van der Waals surface area contributed by atoms with E-state index in [1.165, 1.54) is 12.1 Å². The van der Waals surface area contributed by atoms with E-state index in [4.69, 9.17) is 13.9 Å². The Balaban J connectivity index is 1.63. The topological polar surface area (TPSA) is 55.1 Å². The highest BCUT2D eigenvalue weighted by Crippen LogP contribution is 2.21. The molecule has 0 spiro atoms. The van der Waals surface area contributed by atoms with Gasteiger partial charge in [-0.3, -0.25) is 4.90 Å². The average molecular weight is 399 g/mol. The van der Waals surface area contributed by atoms with Gasteiger partial charge in [0.15, 0.2) is 0 Å². The maximum absolute atomic E-state index is 13.2. The van der Waals surface area contributed by atoms with Gasteiger partial charge < -0.3 is 19.0 Å². The molecule has 3 aromatic rings. The standard InChI is InChI=1S/C23H26FNO4/c1-27-23-7-3-2-5-19(23)14-25(13-18-8-10-20(24)11-9-18)15-21(26)16-28-17-22-6-4-12-29-22/h2-12,21,26H,13-17H2,1H3/t21-/m1/s1. The molecular weight excluding hydrogens is 373 g/mol. The number of benzene rings is 2. The Morgan fingerprint density at radius 1 is 1.03 bits per heavy atom. The van der Waals surface area contributed by atoms with Crippen molar-refractivity contribution in [2.24, 2.45) is 0 Å². The zero-order chi connectivity index (χ0) is 20.5. The van der Waals surface area contributed by atoms with Gasteiger partial charge in [0.1, 0.15) is 23.9 Å². The molecule has 0 unspecified atom stereocenters. The van der Waals surface area contributed by atoms with Crippen molar-refractivity contribution in [2.45, 2.75) is 25.8 Å². The molecule has 1 atom stereocenters. The van der Waals surface area contributed by atoms with E-state index in [0.29, 0.717) is 26.2 Å². The van der Waals surface area contributed by atoms with Crippen LogP contribution in [0.3, 0.4) is 0 Å². The van der Waals surface area contributed by atoms with Crippen molar-refractivity contribution < 1.29 is 23.4 Å². The molecule has 3 rings (SSSR count). The Bertz CT molecular complexity index is 852. The summed E-state index contributed by atoms with van der Waals surface area (Å²) < 4.78 is 29.5. The highest BCUT2D eigenvalue weighted by atomic mass is 19.1. The second-order valence-corrected chi connectivity index (χ2v) is 6.86. The summed E-state index contributed by atoms with van der Waals surface area (Å²) >= 11 is 0. The van der Waals surface area contributed by atoms with Crippen LogP contribution in [0.2, 0.25) is 0 Å². The Kier molecular flexibility index (Phi) is 7.81. The summed E-state index contributed by atoms with van der Waals surface area (Å²) in [5, 5.41) is 10.5. The largest absolute Gasteiger partial charge is 0.496 e. The fraction of sp³-hybridized carbons (Fsp3) is 0.304. The van der Waals surface area contributed by atoms with Crippen LogP contribution in [0.4, 0.5) is 4.39 Å². The number of rotatable bonds is 11. The van der Waals surface area contributed by atoms with Gasteiger partial charge in [0.05, 0.1) is 26.1 Å². The summed E-state index contributed by atoms with van der Waals surface area (Å²) in [4.78, 5) is 2.09. The molecule has 5 nitrogen and oxygen atoms in total. The van der Waals surface area contributed by atoms with Crippen LogP contribution in [0.25, 0.3) is 0 Å². The predicted octanol–water partition coefficient (Wildman–Crippen LogP) is 4.01. The fourth-order valence-corrected chi connectivity index (χ4v) is 3.15. The normalized spacial score (nSPS) is 12.3. The molecule has 2 aromatic carbocycles. The Labute approximate surface area is 170 Å². The summed E-state index contributed by atoms with van der Waals surface area (Å²) in [6.07, 6.45) is 0.910. The van der Waals surface area contributed by atoms with Gasteiger partial charge in [-0.05, 0) is 35.9 Å². The van der Waals surface area contributed by atoms with Gasteiger partial charge in [0.25, 0.3) is 0 Å². The zero-order valence-electron chi connectivity index (χ0n) is 16.5. The van der Waals surface area contributed by atoms with E-state index in [2.05, 4.69) is 4.90 Å². The quantitative estimate of drug-likeness (QED) is 0.528. The Morgan fingerprint density at radius 3 is 2.55 bits per heavy atom. The lowest BCUT2D eigenvalue weighted by molar-refractivity contribution is 0.00243. The molecule has 0 bridgehead atoms. The number of methoxy groups -OCH3 is 1. The van der Waals surface area contributed by atoms with E-state index >= 15 is 0 Å². The number of furan rings is 1. The molecule has 0 aliphatic heterocycles. The van der Waals surface area contributed by atoms with Crippen molar-refractivity contribution in [1.29, 1.82) is 0 Å². The van der Waals surface area contributed by atoms with Gasteiger partial charge in [0, 0.05) is 25.2 Å². The van der Waals surface area contributed by atoms with Crippen LogP contribution in [0.15, 0.2) is 71.3 Å². The molecule has 0 saturated heterocycles. The van der Waals surface area contributed by atoms with Crippen LogP contribution in [0.1, 0.15) is 16.9 Å². The van der Waals surface area contributed by atoms with Gasteiger partial charge >= 0.3 is 0 Å². The number of aliphatic hydroxyl groups is 1. The average Bonchev–Trinajstić information content (AvgIpc) is 3.23. The minimum Gasteiger partial charge on any atom is -0.496 e. The first kappa shape index (κ1) is 21.0. The lowest BCUT2D eigenvalue weighted by Crippen LogP contribution is -2.34. The van der Waals surface area contributed by atoms with Gasteiger partial charge in [-0.25, -0.2) is 4.39 Å². The second kappa shape index (κ2) is 10.8. The number of aliphatic hydroxyl groups excluding tert-OH is 1. The lowest BCUT2D eigenvalue weighted by atomic mass is 10.1. The molecule has 1 heterocycles. The zero-order valence-corrected chi connectivity index (χ0v) is 16.5. The van der Waals surface area contributed by atoms with E-state index in [9.17, 15) is 9.50 Å². The number of hydrogen-bond acceptors (Lipinski definition) is 5. The van der Waals surface area contributed by atoms with Crippen molar-refractivity contribution in [3.05, 3.63) is 89.6 Å². The highest BCUT2D eigenvalue weighted by molar-refractivity contribution is 5.33. The van der Waals surface area contributed by atoms with Crippen molar-refractivity contribution in [3.8, 4) is 5.75 Å². The molecule has 1 aromatic heterocycles. The van der Waals surface area contributed by atoms with E-state index < -0.39 is 6.10 Å². The van der Waals surface area contributed by atoms with Crippen molar-refractivity contribution in [3.63, 3.8) is 0 Å². The molecule has 0 aliphatic rings. The first-order chi connectivity index (χ1) is 14.1. The smallest absolute Gasteiger partial charge is 0.129 e. The van der Waals surface area contributed by atoms with Crippen LogP contribution < -0.4 is 4.74 Å². The van der Waals surface area contributed by atoms with E-state index in [1.54, 1.807) is 31.6 Å². The molecule has 0 aliphatic carbocycles. The van der Waals surface area contributed by atoms with E-state index in [0.717, 1.165) is 22.6 Å². The van der Waals surface area contributed by atoms with Crippen LogP contribution in [-0.4, -0.2) is 36.4 Å². The summed E-state index contributed by atoms with van der Waals surface area (Å²) in [6.45, 7) is 2.04. The van der Waals surface area contributed by atoms with Crippen LogP contribution >= 0.6 is 0 Å². The van der Waals surface area contributed by atoms with Crippen LogP contribution in [0.5, 0.6) is 5.75 Å². The first-order valence-corrected chi connectivity index (χ1v) is 9.51. The number of hydrogen-bond donors (Lipinski definition) is 1. The van der Waals surface area contributed by atoms with Gasteiger partial charge in [0.2, 0.25) is 0 Å². The van der Waals surface area contributed by atoms with Crippen LogP contribution in [-0.2, 0) is 24.4 Å². The molecular formula is C23H26FNO4. The number of ether oxygens (including phenoxy) is 2. The van der Waals surface area contributed by atoms with E-state index in [1.807, 2.05) is 30.3 Å². The summed E-state index contributed by atoms with van der Waals surface area (Å²) in [6, 6.07) is 17.8. The summed E-state index contributed by atoms with van der Waals surface area (Å²) in [7, 11) is 1.64. The fourth-order valence-electron chi connectivity index (χ4n) is 3.15. The number of nitrogens with zero attached hydrogens (tertiary/aromatic N) is 1. The SMILES string of the molecule is COc1ccccc1CN(Cc1ccc(F)cc1)C[C@@H](O)COCc1ccco1. The molecule has 0 amide bonds. The molecule has 6 heteroatoms. The summed E-state index contributed by atoms with van der Waals surface area (Å²) in [5.41, 5.74) is 1.98. The van der Waals surface area contributed by atoms with Crippen molar-refractivity contribution in [2.75, 3.05) is 20.3 Å². The molecule has 1 N–H and O–H groups in total. The molecule has 0 saturated carbocycles. The minimum atomic E-state index is -0.680. The third kappa shape index (κ3) is 6.71. The third-order valence-corrected chi connectivity index (χ3v) is 4.51. The molecule has 29 heavy (non-hydrogen) atoms. The Hall–Kier alpha value is -2.67. The van der Waals surface area contributed by atoms with Gasteiger partial charge in [-0.15, -0.1) is 0 Å². The minimum absolute atomic E-state index is 0.187. The third-order valence-electron chi connectivity index (χ3n) is 4.51. The highest BCUT2D eigenvalue weighted by Gasteiger charge is 2.15. The Morgan fingerprint density at radius 2 is 1.83 bits per heavy atom. The summed E-state index contributed by atoms with van der Waals surface area (Å²) in [5.74, 6) is 1.24. The second-order valence-electron chi connectivity index (χ2n) is 6.86. The number of para-hydroxylation sites is 1. The number of halogens is 1. The van der Waals surface area contributed by atoms with E-state index in [-0.39, 0.29) is 12.4 Å². The lowest BCUT2D eigenvalue weighted by Gasteiger charge is -2.26. The monoisotopic (exact) mass is 399 g/mol. The van der Waals surface area contributed by atoms with Crippen molar-refractivity contribution in [1.82, 2.24) is 4.90 Å². The van der Waals surface area contributed by atoms with Gasteiger partial charge in [-0.1, -0.05) is 30.3 Å². The molecule has 0 fully saturated rings. The van der Waals surface area contributed by atoms with Gasteiger partial charge in [-0.2, -0.15) is 0 Å². The van der Waals surface area contributed by atoms with Crippen LogP contribution in [0, 0.1) is 5.82 Å². The van der Waals surface area contributed by atoms with Crippen molar-refractivity contribution >= 4 is 0 Å².